The Morgan fingerprint density at radius 1 is 0.178 bits per heavy atom. The van der Waals surface area contributed by atoms with Crippen LogP contribution in [-0.2, 0) is 0 Å². The number of thiophene rings is 2. The molecule has 0 N–H and O–H groups in total. The minimum absolute atomic E-state index is 1.09. The van der Waals surface area contributed by atoms with Gasteiger partial charge in [-0.2, -0.15) is 0 Å². The van der Waals surface area contributed by atoms with Gasteiger partial charge in [0.1, 0.15) is 0 Å². The zero-order valence-corrected chi connectivity index (χ0v) is 50.3. The number of fused-ring (bicyclic) bond motifs is 18. The molecule has 0 spiro atoms. The van der Waals surface area contributed by atoms with Crippen molar-refractivity contribution in [3.8, 4) is 45.0 Å². The molecule has 0 saturated heterocycles. The summed E-state index contributed by atoms with van der Waals surface area (Å²) in [5, 5.41) is 14.4. The Hall–Kier alpha value is -11.3. The van der Waals surface area contributed by atoms with E-state index in [1.165, 1.54) is 73.4 Å². The second-order valence-electron chi connectivity index (χ2n) is 23.5. The fraction of sp³-hybridized carbons (Fsp3) is 0. The SMILES string of the molecule is c1ccc(-n2c3ccccc3n(-c3ccccc3)c3cc4c(cc32)c2ccc(-c3cccc5c3sc3ccccc35)cc2c2cc(-c3cccc5c3sc3ccccc35)ccc2c2cc3c(cc24)n(-c2ccccc2)c2ccccc2n3-c2ccccc2)cc1. The molecular weight excluding hydrogens is 1130 g/mol. The first-order chi connectivity index (χ1) is 44.7. The van der Waals surface area contributed by atoms with Crippen molar-refractivity contribution < 1.29 is 0 Å². The van der Waals surface area contributed by atoms with Crippen molar-refractivity contribution in [1.82, 2.24) is 18.3 Å². The molecule has 0 fully saturated rings. The second kappa shape index (κ2) is 20.1. The van der Waals surface area contributed by atoms with Crippen molar-refractivity contribution in [1.29, 1.82) is 0 Å². The Kier molecular flexibility index (Phi) is 11.4. The largest absolute Gasteiger partial charge is 0.306 e. The standard InChI is InChI=1S/C84H52N4S2/c1-5-23-55(24-6-1)85-73-37-15-17-39-75(73)87(57-27-9-3-10-28-57)79-51-71-69(49-77(79)85)61-45-43-53(59-33-21-35-65-63-31-13-19-41-81(63)89-83(59)65)47-67(61)68-48-54(60-34-22-36-66-64-32-14-20-42-82(64)90-84(60)66)44-46-62(68)70-50-78-80(52-72(70)71)88(58-29-11-4-12-30-58)76-40-18-16-38-74(76)86(78)56-25-7-2-8-26-56/h1-52H. The van der Waals surface area contributed by atoms with Gasteiger partial charge in [0.15, 0.2) is 0 Å². The van der Waals surface area contributed by atoms with Crippen LogP contribution in [0.4, 0.5) is 0 Å². The van der Waals surface area contributed by atoms with Gasteiger partial charge < -0.3 is 18.3 Å². The van der Waals surface area contributed by atoms with E-state index in [0.29, 0.717) is 0 Å². The lowest BCUT2D eigenvalue weighted by atomic mass is 9.90. The molecule has 19 aromatic rings. The van der Waals surface area contributed by atoms with E-state index >= 15 is 0 Å². The maximum Gasteiger partial charge on any atom is 0.0709 e. The maximum absolute atomic E-state index is 2.52. The van der Waals surface area contributed by atoms with Gasteiger partial charge in [0.25, 0.3) is 0 Å². The molecule has 0 unspecified atom stereocenters. The smallest absolute Gasteiger partial charge is 0.0709 e. The lowest BCUT2D eigenvalue weighted by Crippen LogP contribution is -2.09. The molecular formula is C84H52N4S2. The van der Waals surface area contributed by atoms with Crippen molar-refractivity contribution in [2.24, 2.45) is 0 Å². The summed E-state index contributed by atoms with van der Waals surface area (Å²) in [5.74, 6) is 0. The lowest BCUT2D eigenvalue weighted by Gasteiger charge is -2.24. The van der Waals surface area contributed by atoms with E-state index in [-0.39, 0.29) is 0 Å². The van der Waals surface area contributed by atoms with Gasteiger partial charge >= 0.3 is 0 Å². The third kappa shape index (κ3) is 7.72. The van der Waals surface area contributed by atoms with Crippen molar-refractivity contribution in [3.05, 3.63) is 315 Å². The highest BCUT2D eigenvalue weighted by Crippen LogP contribution is 2.47. The molecule has 6 heteroatoms. The molecule has 0 aliphatic heterocycles. The highest BCUT2D eigenvalue weighted by atomic mass is 32.1. The highest BCUT2D eigenvalue weighted by molar-refractivity contribution is 7.26. The van der Waals surface area contributed by atoms with E-state index in [1.807, 2.05) is 22.7 Å². The normalized spacial score (nSPS) is 12.0. The van der Waals surface area contributed by atoms with Gasteiger partial charge in [0, 0.05) is 63.1 Å². The van der Waals surface area contributed by atoms with Crippen molar-refractivity contribution in [2.75, 3.05) is 0 Å². The molecule has 90 heavy (non-hydrogen) atoms. The molecule has 4 aromatic heterocycles. The maximum atomic E-state index is 2.52. The molecule has 4 heterocycles. The van der Waals surface area contributed by atoms with E-state index in [0.717, 1.165) is 99.2 Å². The van der Waals surface area contributed by atoms with Crippen LogP contribution in [0.3, 0.4) is 0 Å². The fourth-order valence-electron chi connectivity index (χ4n) is 14.7. The number of aromatic nitrogens is 4. The van der Waals surface area contributed by atoms with Crippen LogP contribution in [0.25, 0.3) is 173 Å². The molecule has 0 saturated carbocycles. The zero-order chi connectivity index (χ0) is 59.0. The van der Waals surface area contributed by atoms with Gasteiger partial charge in [0.2, 0.25) is 0 Å². The minimum Gasteiger partial charge on any atom is -0.306 e. The van der Waals surface area contributed by atoms with E-state index in [2.05, 4.69) is 334 Å². The van der Waals surface area contributed by atoms with Crippen LogP contribution in [0, 0.1) is 0 Å². The van der Waals surface area contributed by atoms with Gasteiger partial charge in [-0.1, -0.05) is 194 Å². The molecule has 19 rings (SSSR count). The van der Waals surface area contributed by atoms with Crippen molar-refractivity contribution in [2.45, 2.75) is 0 Å². The topological polar surface area (TPSA) is 19.7 Å². The predicted octanol–water partition coefficient (Wildman–Crippen LogP) is 23.8. The molecule has 15 aromatic carbocycles. The van der Waals surface area contributed by atoms with E-state index in [4.69, 9.17) is 0 Å². The summed E-state index contributed by atoms with van der Waals surface area (Å²) in [5.41, 5.74) is 18.0. The van der Waals surface area contributed by atoms with Crippen molar-refractivity contribution in [3.63, 3.8) is 0 Å². The first kappa shape index (κ1) is 50.8. The van der Waals surface area contributed by atoms with Crippen LogP contribution in [0.15, 0.2) is 315 Å². The number of nitrogens with zero attached hydrogens (tertiary/aromatic N) is 4. The summed E-state index contributed by atoms with van der Waals surface area (Å²) in [6.45, 7) is 0. The third-order valence-corrected chi connectivity index (χ3v) is 21.0. The minimum atomic E-state index is 1.09. The molecule has 0 atom stereocenters. The number of benzene rings is 14. The molecule has 420 valence electrons. The number of para-hydroxylation sites is 8. The van der Waals surface area contributed by atoms with Crippen LogP contribution in [0.5, 0.6) is 0 Å². The van der Waals surface area contributed by atoms with E-state index in [9.17, 15) is 0 Å². The van der Waals surface area contributed by atoms with E-state index < -0.39 is 0 Å². The Morgan fingerprint density at radius 3 is 0.800 bits per heavy atom. The van der Waals surface area contributed by atoms with Crippen LogP contribution < -0.4 is 0 Å². The Balaban J connectivity index is 1.08. The van der Waals surface area contributed by atoms with Crippen molar-refractivity contribution >= 4 is 150 Å². The fourth-order valence-corrected chi connectivity index (χ4v) is 17.2. The molecule has 0 aliphatic carbocycles. The summed E-state index contributed by atoms with van der Waals surface area (Å²) in [6.07, 6.45) is 0. The Bertz CT molecular complexity index is 5870. The molecule has 0 radical (unpaired) electrons. The van der Waals surface area contributed by atoms with Gasteiger partial charge in [-0.3, -0.25) is 0 Å². The monoisotopic (exact) mass is 1180 g/mol. The summed E-state index contributed by atoms with van der Waals surface area (Å²) in [4.78, 5) is 0. The van der Waals surface area contributed by atoms with E-state index in [1.54, 1.807) is 0 Å². The molecule has 0 amide bonds. The first-order valence-corrected chi connectivity index (χ1v) is 32.4. The number of rotatable bonds is 6. The van der Waals surface area contributed by atoms with Gasteiger partial charge in [0.05, 0.1) is 44.1 Å². The lowest BCUT2D eigenvalue weighted by molar-refractivity contribution is 1.09. The number of hydrogen-bond acceptors (Lipinski definition) is 2. The van der Waals surface area contributed by atoms with Crippen LogP contribution >= 0.6 is 22.7 Å². The zero-order valence-electron chi connectivity index (χ0n) is 48.6. The predicted molar refractivity (Wildman–Crippen MR) is 387 cm³/mol. The summed E-state index contributed by atoms with van der Waals surface area (Å²) < 4.78 is 15.1. The van der Waals surface area contributed by atoms with Crippen LogP contribution in [0.2, 0.25) is 0 Å². The average molecular weight is 1180 g/mol. The molecule has 0 aliphatic rings. The third-order valence-electron chi connectivity index (χ3n) is 18.6. The summed E-state index contributed by atoms with van der Waals surface area (Å²) in [7, 11) is 0. The highest BCUT2D eigenvalue weighted by Gasteiger charge is 2.23. The van der Waals surface area contributed by atoms with Crippen LogP contribution in [-0.4, -0.2) is 18.3 Å². The Labute approximate surface area is 525 Å². The second-order valence-corrected chi connectivity index (χ2v) is 25.6. The average Bonchev–Trinajstić information content (AvgIpc) is 1.14. The Morgan fingerprint density at radius 2 is 0.456 bits per heavy atom. The van der Waals surface area contributed by atoms with Gasteiger partial charge in [-0.15, -0.1) is 22.7 Å². The molecule has 4 nitrogen and oxygen atoms in total. The summed E-state index contributed by atoms with van der Waals surface area (Å²) >= 11 is 3.78. The number of hydrogen-bond donors (Lipinski definition) is 0. The quantitative estimate of drug-likeness (QED) is 0.148. The van der Waals surface area contributed by atoms with Crippen LogP contribution in [0.1, 0.15) is 0 Å². The molecule has 0 bridgehead atoms. The summed E-state index contributed by atoms with van der Waals surface area (Å²) in [6, 6.07) is 118. The van der Waals surface area contributed by atoms with Gasteiger partial charge in [-0.25, -0.2) is 0 Å². The van der Waals surface area contributed by atoms with Gasteiger partial charge in [-0.05, 0) is 187 Å². The first-order valence-electron chi connectivity index (χ1n) is 30.7.